The van der Waals surface area contributed by atoms with E-state index in [1.54, 1.807) is 0 Å². The van der Waals surface area contributed by atoms with E-state index in [2.05, 4.69) is 10.6 Å². The predicted molar refractivity (Wildman–Crippen MR) is 57.1 cm³/mol. The fourth-order valence-corrected chi connectivity index (χ4v) is 2.05. The van der Waals surface area contributed by atoms with Crippen molar-refractivity contribution in [3.63, 3.8) is 0 Å². The fourth-order valence-electron chi connectivity index (χ4n) is 2.05. The number of hydrogen-bond acceptors (Lipinski definition) is 2. The maximum Gasteiger partial charge on any atom is 0.315 e. The average molecular weight is 199 g/mol. The molecule has 0 bridgehead atoms. The second-order valence-corrected chi connectivity index (χ2v) is 4.03. The van der Waals surface area contributed by atoms with Gasteiger partial charge in [-0.15, -0.1) is 0 Å². The van der Waals surface area contributed by atoms with E-state index < -0.39 is 0 Å². The van der Waals surface area contributed by atoms with Gasteiger partial charge in [0, 0.05) is 13.1 Å². The van der Waals surface area contributed by atoms with E-state index in [0.717, 1.165) is 12.8 Å². The number of carbonyl (C=O) groups is 1. The Kier molecular flexibility index (Phi) is 4.20. The van der Waals surface area contributed by atoms with Crippen molar-refractivity contribution in [1.82, 2.24) is 10.6 Å². The lowest BCUT2D eigenvalue weighted by Crippen LogP contribution is -2.57. The number of rotatable bonds is 3. The molecule has 82 valence electrons. The van der Waals surface area contributed by atoms with Crippen LogP contribution in [0.15, 0.2) is 0 Å². The van der Waals surface area contributed by atoms with Crippen LogP contribution in [0.4, 0.5) is 4.79 Å². The molecule has 1 aliphatic rings. The molecule has 14 heavy (non-hydrogen) atoms. The molecule has 0 spiro atoms. The smallest absolute Gasteiger partial charge is 0.315 e. The molecule has 0 saturated heterocycles. The molecule has 1 rings (SSSR count). The van der Waals surface area contributed by atoms with Crippen LogP contribution in [0.5, 0.6) is 0 Å². The third-order valence-electron chi connectivity index (χ3n) is 2.92. The fraction of sp³-hybridized carbons (Fsp3) is 0.900. The highest BCUT2D eigenvalue weighted by Crippen LogP contribution is 2.26. The molecular weight excluding hydrogens is 178 g/mol. The van der Waals surface area contributed by atoms with E-state index in [9.17, 15) is 4.79 Å². The van der Waals surface area contributed by atoms with Gasteiger partial charge in [0.2, 0.25) is 0 Å². The first-order valence-corrected chi connectivity index (χ1v) is 5.48. The lowest BCUT2D eigenvalue weighted by atomic mass is 9.82. The summed E-state index contributed by atoms with van der Waals surface area (Å²) in [5.41, 5.74) is 5.60. The summed E-state index contributed by atoms with van der Waals surface area (Å²) >= 11 is 0. The molecule has 0 unspecified atom stereocenters. The van der Waals surface area contributed by atoms with Gasteiger partial charge in [-0.1, -0.05) is 19.3 Å². The van der Waals surface area contributed by atoms with Gasteiger partial charge in [-0.3, -0.25) is 0 Å². The maximum atomic E-state index is 11.4. The van der Waals surface area contributed by atoms with Crippen molar-refractivity contribution in [2.45, 2.75) is 44.6 Å². The van der Waals surface area contributed by atoms with Crippen molar-refractivity contribution in [3.8, 4) is 0 Å². The highest BCUT2D eigenvalue weighted by atomic mass is 16.2. The molecule has 4 N–H and O–H groups in total. The Hall–Kier alpha value is -0.770. The molecule has 0 heterocycles. The molecule has 0 aliphatic heterocycles. The summed E-state index contributed by atoms with van der Waals surface area (Å²) in [7, 11) is 0. The highest BCUT2D eigenvalue weighted by Gasteiger charge is 2.31. The van der Waals surface area contributed by atoms with Crippen molar-refractivity contribution in [2.24, 2.45) is 5.73 Å². The Labute approximate surface area is 85.6 Å². The quantitative estimate of drug-likeness (QED) is 0.634. The van der Waals surface area contributed by atoms with E-state index in [0.29, 0.717) is 13.1 Å². The van der Waals surface area contributed by atoms with E-state index in [4.69, 9.17) is 5.73 Å². The van der Waals surface area contributed by atoms with Crippen LogP contribution in [0.3, 0.4) is 0 Å². The maximum absolute atomic E-state index is 11.4. The first-order chi connectivity index (χ1) is 6.72. The van der Waals surface area contributed by atoms with Crippen molar-refractivity contribution in [1.29, 1.82) is 0 Å². The number of carbonyl (C=O) groups excluding carboxylic acids is 1. The van der Waals surface area contributed by atoms with E-state index in [1.165, 1.54) is 19.3 Å². The Morgan fingerprint density at radius 2 is 2.00 bits per heavy atom. The molecule has 0 atom stereocenters. The Morgan fingerprint density at radius 3 is 2.50 bits per heavy atom. The lowest BCUT2D eigenvalue weighted by molar-refractivity contribution is 0.206. The molecular formula is C10H21N3O. The van der Waals surface area contributed by atoms with Gasteiger partial charge in [0.15, 0.2) is 0 Å². The third-order valence-corrected chi connectivity index (χ3v) is 2.92. The second-order valence-electron chi connectivity index (χ2n) is 4.03. The highest BCUT2D eigenvalue weighted by molar-refractivity contribution is 5.74. The van der Waals surface area contributed by atoms with Gasteiger partial charge in [-0.2, -0.15) is 0 Å². The summed E-state index contributed by atoms with van der Waals surface area (Å²) in [6.07, 6.45) is 5.63. The minimum Gasteiger partial charge on any atom is -0.338 e. The third kappa shape index (κ3) is 2.87. The number of hydrogen-bond donors (Lipinski definition) is 3. The van der Waals surface area contributed by atoms with Crippen molar-refractivity contribution in [3.05, 3.63) is 0 Å². The molecule has 0 aromatic carbocycles. The zero-order valence-corrected chi connectivity index (χ0v) is 8.94. The van der Waals surface area contributed by atoms with Gasteiger partial charge in [-0.05, 0) is 19.8 Å². The van der Waals surface area contributed by atoms with Gasteiger partial charge >= 0.3 is 6.03 Å². The molecule has 1 fully saturated rings. The van der Waals surface area contributed by atoms with Crippen LogP contribution in [0.2, 0.25) is 0 Å². The Morgan fingerprint density at radius 1 is 1.36 bits per heavy atom. The van der Waals surface area contributed by atoms with Crippen LogP contribution in [0.25, 0.3) is 0 Å². The molecule has 4 nitrogen and oxygen atoms in total. The first-order valence-electron chi connectivity index (χ1n) is 5.48. The second kappa shape index (κ2) is 5.20. The van der Waals surface area contributed by atoms with Crippen LogP contribution in [-0.2, 0) is 0 Å². The number of nitrogens with two attached hydrogens (primary N) is 1. The van der Waals surface area contributed by atoms with Crippen LogP contribution < -0.4 is 16.4 Å². The van der Waals surface area contributed by atoms with Crippen molar-refractivity contribution in [2.75, 3.05) is 13.1 Å². The zero-order valence-electron chi connectivity index (χ0n) is 8.94. The van der Waals surface area contributed by atoms with Gasteiger partial charge in [0.05, 0.1) is 5.54 Å². The monoisotopic (exact) mass is 199 g/mol. The Balaban J connectivity index is 2.47. The summed E-state index contributed by atoms with van der Waals surface area (Å²) in [4.78, 5) is 11.4. The van der Waals surface area contributed by atoms with Crippen LogP contribution in [-0.4, -0.2) is 24.7 Å². The van der Waals surface area contributed by atoms with Gasteiger partial charge in [0.1, 0.15) is 0 Å². The SMILES string of the molecule is CCNC(=O)NC1(CN)CCCCC1. The van der Waals surface area contributed by atoms with Crippen molar-refractivity contribution < 1.29 is 4.79 Å². The minimum atomic E-state index is -0.141. The topological polar surface area (TPSA) is 67.2 Å². The summed E-state index contributed by atoms with van der Waals surface area (Å²) in [6, 6.07) is -0.0835. The minimum absolute atomic E-state index is 0.0835. The van der Waals surface area contributed by atoms with Crippen molar-refractivity contribution >= 4 is 6.03 Å². The normalized spacial score (nSPS) is 20.1. The van der Waals surface area contributed by atoms with Crippen LogP contribution in [0.1, 0.15) is 39.0 Å². The van der Waals surface area contributed by atoms with Crippen LogP contribution >= 0.6 is 0 Å². The molecule has 2 amide bonds. The number of urea groups is 1. The summed E-state index contributed by atoms with van der Waals surface area (Å²) < 4.78 is 0. The standard InChI is InChI=1S/C10H21N3O/c1-2-12-9(14)13-10(8-11)6-4-3-5-7-10/h2-8,11H2,1H3,(H2,12,13,14). The zero-order chi connectivity index (χ0) is 10.4. The van der Waals surface area contributed by atoms with Gasteiger partial charge in [0.25, 0.3) is 0 Å². The lowest BCUT2D eigenvalue weighted by Gasteiger charge is -2.36. The molecule has 0 radical (unpaired) electrons. The van der Waals surface area contributed by atoms with Gasteiger partial charge < -0.3 is 16.4 Å². The van der Waals surface area contributed by atoms with E-state index in [1.807, 2.05) is 6.92 Å². The van der Waals surface area contributed by atoms with E-state index >= 15 is 0 Å². The molecule has 0 aromatic rings. The number of nitrogens with one attached hydrogen (secondary N) is 2. The number of amides is 2. The summed E-state index contributed by atoms with van der Waals surface area (Å²) in [6.45, 7) is 3.12. The molecule has 1 aliphatic carbocycles. The summed E-state index contributed by atoms with van der Waals surface area (Å²) in [5, 5.41) is 5.75. The molecule has 1 saturated carbocycles. The van der Waals surface area contributed by atoms with E-state index in [-0.39, 0.29) is 11.6 Å². The largest absolute Gasteiger partial charge is 0.338 e. The predicted octanol–water partition coefficient (Wildman–Crippen LogP) is 0.967. The molecule has 4 heteroatoms. The van der Waals surface area contributed by atoms with Crippen LogP contribution in [0, 0.1) is 0 Å². The summed E-state index contributed by atoms with van der Waals surface area (Å²) in [5.74, 6) is 0. The van der Waals surface area contributed by atoms with Gasteiger partial charge in [-0.25, -0.2) is 4.79 Å². The molecule has 0 aromatic heterocycles. The Bertz CT molecular complexity index is 188. The average Bonchev–Trinajstić information content (AvgIpc) is 2.19. The first kappa shape index (κ1) is 11.3.